The second-order valence-electron chi connectivity index (χ2n) is 6.47. The van der Waals surface area contributed by atoms with Crippen LogP contribution in [0.3, 0.4) is 0 Å². The summed E-state index contributed by atoms with van der Waals surface area (Å²) >= 11 is 1.66. The second-order valence-corrected chi connectivity index (χ2v) is 7.53. The molecule has 0 N–H and O–H groups in total. The van der Waals surface area contributed by atoms with Gasteiger partial charge in [-0.05, 0) is 43.5 Å². The molecule has 3 nitrogen and oxygen atoms in total. The molecule has 0 saturated heterocycles. The first-order valence-electron chi connectivity index (χ1n) is 8.55. The third-order valence-corrected chi connectivity index (χ3v) is 5.60. The van der Waals surface area contributed by atoms with Gasteiger partial charge in [0.15, 0.2) is 0 Å². The number of nitrogens with zero attached hydrogens (tertiary/aromatic N) is 2. The summed E-state index contributed by atoms with van der Waals surface area (Å²) in [6.07, 6.45) is 0.902. The summed E-state index contributed by atoms with van der Waals surface area (Å²) in [5.74, 6) is 0.0372. The molecule has 3 aromatic rings. The number of thiazole rings is 1. The smallest absolute Gasteiger partial charge is 0.234 e. The summed E-state index contributed by atoms with van der Waals surface area (Å²) < 4.78 is 0. The molecular formula is C21H20N2OS. The molecule has 1 amide bonds. The van der Waals surface area contributed by atoms with Crippen molar-refractivity contribution in [2.75, 3.05) is 11.4 Å². The third kappa shape index (κ3) is 2.98. The Morgan fingerprint density at radius 2 is 2.00 bits per heavy atom. The Morgan fingerprint density at radius 1 is 1.20 bits per heavy atom. The highest BCUT2D eigenvalue weighted by atomic mass is 32.1. The topological polar surface area (TPSA) is 33.2 Å². The van der Waals surface area contributed by atoms with Gasteiger partial charge in [-0.3, -0.25) is 4.79 Å². The maximum absolute atomic E-state index is 13.0. The summed E-state index contributed by atoms with van der Waals surface area (Å²) in [6.45, 7) is 4.76. The van der Waals surface area contributed by atoms with Crippen molar-refractivity contribution < 1.29 is 4.79 Å². The van der Waals surface area contributed by atoms with Crippen LogP contribution in [-0.2, 0) is 11.2 Å². The molecule has 1 atom stereocenters. The van der Waals surface area contributed by atoms with Gasteiger partial charge in [-0.15, -0.1) is 11.3 Å². The van der Waals surface area contributed by atoms with Gasteiger partial charge in [-0.25, -0.2) is 4.98 Å². The van der Waals surface area contributed by atoms with Crippen LogP contribution >= 0.6 is 11.3 Å². The van der Waals surface area contributed by atoms with Gasteiger partial charge in [-0.1, -0.05) is 36.4 Å². The van der Waals surface area contributed by atoms with E-state index in [2.05, 4.69) is 28.6 Å². The van der Waals surface area contributed by atoms with E-state index in [1.54, 1.807) is 11.3 Å². The fourth-order valence-corrected chi connectivity index (χ4v) is 4.03. The lowest BCUT2D eigenvalue weighted by Gasteiger charge is -2.22. The van der Waals surface area contributed by atoms with E-state index in [9.17, 15) is 4.79 Å². The monoisotopic (exact) mass is 348 g/mol. The minimum Gasteiger partial charge on any atom is -0.311 e. The third-order valence-electron chi connectivity index (χ3n) is 4.83. The average molecular weight is 348 g/mol. The number of carbonyl (C=O) groups is 1. The molecule has 0 saturated carbocycles. The predicted octanol–water partition coefficient (Wildman–Crippen LogP) is 4.81. The van der Waals surface area contributed by atoms with E-state index >= 15 is 0 Å². The molecule has 1 unspecified atom stereocenters. The highest BCUT2D eigenvalue weighted by molar-refractivity contribution is 7.09. The quantitative estimate of drug-likeness (QED) is 0.680. The molecule has 1 aliphatic rings. The first-order chi connectivity index (χ1) is 12.1. The molecule has 0 fully saturated rings. The lowest BCUT2D eigenvalue weighted by molar-refractivity contribution is -0.119. The number of fused-ring (bicyclic) bond motifs is 1. The van der Waals surface area contributed by atoms with Crippen molar-refractivity contribution in [2.45, 2.75) is 26.2 Å². The summed E-state index contributed by atoms with van der Waals surface area (Å²) in [5, 5.41) is 3.16. The van der Waals surface area contributed by atoms with Gasteiger partial charge in [0.1, 0.15) is 0 Å². The first kappa shape index (κ1) is 16.0. The lowest BCUT2D eigenvalue weighted by Crippen LogP contribution is -2.32. The van der Waals surface area contributed by atoms with Crippen LogP contribution in [0.25, 0.3) is 11.3 Å². The van der Waals surface area contributed by atoms with Gasteiger partial charge in [-0.2, -0.15) is 0 Å². The Balaban J connectivity index is 1.60. The number of aryl methyl sites for hydroxylation is 1. The van der Waals surface area contributed by atoms with Crippen LogP contribution in [0.1, 0.15) is 29.0 Å². The van der Waals surface area contributed by atoms with E-state index in [-0.39, 0.29) is 11.8 Å². The lowest BCUT2D eigenvalue weighted by atomic mass is 9.99. The Morgan fingerprint density at radius 3 is 2.72 bits per heavy atom. The maximum atomic E-state index is 13.0. The zero-order valence-electron chi connectivity index (χ0n) is 14.4. The SMILES string of the molecule is Cc1nc(-c2ccc3c(c2)CCN3C(=O)C(C)c2ccccc2)cs1. The van der Waals surface area contributed by atoms with E-state index in [4.69, 9.17) is 0 Å². The average Bonchev–Trinajstić information content (AvgIpc) is 3.27. The van der Waals surface area contributed by atoms with Gasteiger partial charge in [0.2, 0.25) is 5.91 Å². The number of anilines is 1. The molecule has 0 spiro atoms. The second kappa shape index (κ2) is 6.45. The van der Waals surface area contributed by atoms with E-state index in [1.165, 1.54) is 5.56 Å². The van der Waals surface area contributed by atoms with Crippen molar-refractivity contribution >= 4 is 22.9 Å². The Bertz CT molecular complexity index is 917. The van der Waals surface area contributed by atoms with Crippen LogP contribution < -0.4 is 4.90 Å². The summed E-state index contributed by atoms with van der Waals surface area (Å²) in [4.78, 5) is 19.5. The van der Waals surface area contributed by atoms with Crippen molar-refractivity contribution in [1.82, 2.24) is 4.98 Å². The standard InChI is InChI=1S/C21H20N2OS/c1-14(16-6-4-3-5-7-16)21(24)23-11-10-18-12-17(8-9-20(18)23)19-13-25-15(2)22-19/h3-9,12-14H,10-11H2,1-2H3. The van der Waals surface area contributed by atoms with Crippen molar-refractivity contribution in [3.63, 3.8) is 0 Å². The maximum Gasteiger partial charge on any atom is 0.234 e. The minimum atomic E-state index is -0.131. The Hall–Kier alpha value is -2.46. The molecule has 126 valence electrons. The van der Waals surface area contributed by atoms with Crippen molar-refractivity contribution in [2.24, 2.45) is 0 Å². The zero-order valence-corrected chi connectivity index (χ0v) is 15.2. The number of aromatic nitrogens is 1. The molecule has 4 heteroatoms. The molecular weight excluding hydrogens is 328 g/mol. The van der Waals surface area contributed by atoms with Gasteiger partial charge >= 0.3 is 0 Å². The van der Waals surface area contributed by atoms with Crippen LogP contribution in [-0.4, -0.2) is 17.4 Å². The summed E-state index contributed by atoms with van der Waals surface area (Å²) in [7, 11) is 0. The van der Waals surface area contributed by atoms with E-state index in [0.29, 0.717) is 0 Å². The minimum absolute atomic E-state index is 0.131. The molecule has 1 aliphatic heterocycles. The number of amides is 1. The first-order valence-corrected chi connectivity index (χ1v) is 9.43. The van der Waals surface area contributed by atoms with Crippen molar-refractivity contribution in [3.8, 4) is 11.3 Å². The number of rotatable bonds is 3. The molecule has 0 radical (unpaired) electrons. The Kier molecular flexibility index (Phi) is 4.14. The normalized spacial score (nSPS) is 14.4. The van der Waals surface area contributed by atoms with Crippen LogP contribution in [0.4, 0.5) is 5.69 Å². The van der Waals surface area contributed by atoms with Crippen LogP contribution in [0, 0.1) is 6.92 Å². The summed E-state index contributed by atoms with van der Waals surface area (Å²) in [6, 6.07) is 16.3. The largest absolute Gasteiger partial charge is 0.311 e. The zero-order chi connectivity index (χ0) is 17.4. The molecule has 1 aromatic heterocycles. The van der Waals surface area contributed by atoms with Crippen molar-refractivity contribution in [3.05, 3.63) is 70.0 Å². The summed E-state index contributed by atoms with van der Waals surface area (Å²) in [5.41, 5.74) is 5.50. The van der Waals surface area contributed by atoms with Crippen LogP contribution in [0.2, 0.25) is 0 Å². The highest BCUT2D eigenvalue weighted by Crippen LogP contribution is 2.34. The molecule has 0 aliphatic carbocycles. The number of hydrogen-bond donors (Lipinski definition) is 0. The van der Waals surface area contributed by atoms with Gasteiger partial charge in [0, 0.05) is 23.2 Å². The number of carbonyl (C=O) groups excluding carboxylic acids is 1. The highest BCUT2D eigenvalue weighted by Gasteiger charge is 2.29. The number of hydrogen-bond acceptors (Lipinski definition) is 3. The molecule has 4 rings (SSSR count). The van der Waals surface area contributed by atoms with Crippen LogP contribution in [0.5, 0.6) is 0 Å². The van der Waals surface area contributed by atoms with Gasteiger partial charge in [0.05, 0.1) is 16.6 Å². The van der Waals surface area contributed by atoms with Gasteiger partial charge in [0.25, 0.3) is 0 Å². The molecule has 2 aromatic carbocycles. The van der Waals surface area contributed by atoms with Crippen molar-refractivity contribution in [1.29, 1.82) is 0 Å². The Labute approximate surface area is 152 Å². The molecule has 0 bridgehead atoms. The van der Waals surface area contributed by atoms with E-state index in [0.717, 1.165) is 40.5 Å². The van der Waals surface area contributed by atoms with E-state index < -0.39 is 0 Å². The number of benzene rings is 2. The molecule has 2 heterocycles. The predicted molar refractivity (Wildman–Crippen MR) is 103 cm³/mol. The molecule has 25 heavy (non-hydrogen) atoms. The van der Waals surface area contributed by atoms with E-state index in [1.807, 2.05) is 49.1 Å². The fraction of sp³-hybridized carbons (Fsp3) is 0.238. The van der Waals surface area contributed by atoms with Crippen LogP contribution in [0.15, 0.2) is 53.9 Å². The fourth-order valence-electron chi connectivity index (χ4n) is 3.40. The van der Waals surface area contributed by atoms with Gasteiger partial charge < -0.3 is 4.90 Å².